The predicted molar refractivity (Wildman–Crippen MR) is 134 cm³/mol. The van der Waals surface area contributed by atoms with Gasteiger partial charge in [-0.05, 0) is 24.0 Å². The second-order valence-electron chi connectivity index (χ2n) is 9.75. The van der Waals surface area contributed by atoms with Crippen LogP contribution in [0.5, 0.6) is 0 Å². The molecule has 0 spiro atoms. The highest BCUT2D eigenvalue weighted by molar-refractivity contribution is 6.06. The average Bonchev–Trinajstić information content (AvgIpc) is 3.36. The first-order valence-corrected chi connectivity index (χ1v) is 12.8. The number of imide groups is 2. The average molecular weight is 489 g/mol. The van der Waals surface area contributed by atoms with Gasteiger partial charge in [-0.3, -0.25) is 38.8 Å². The number of carbonyl (C=O) groups is 4. The summed E-state index contributed by atoms with van der Waals surface area (Å²) in [4.78, 5) is 58.2. The van der Waals surface area contributed by atoms with E-state index in [0.717, 1.165) is 11.1 Å². The van der Waals surface area contributed by atoms with Gasteiger partial charge >= 0.3 is 0 Å². The largest absolute Gasteiger partial charge is 0.289 e. The van der Waals surface area contributed by atoms with E-state index in [1.165, 1.54) is 9.80 Å². The maximum Gasteiger partial charge on any atom is 0.247 e. The maximum absolute atomic E-state index is 13.0. The second kappa shape index (κ2) is 10.7. The van der Waals surface area contributed by atoms with Crippen LogP contribution in [-0.2, 0) is 32.0 Å². The third kappa shape index (κ3) is 5.10. The van der Waals surface area contributed by atoms with Gasteiger partial charge in [0.1, 0.15) is 0 Å². The second-order valence-corrected chi connectivity index (χ2v) is 9.75. The summed E-state index contributed by atoms with van der Waals surface area (Å²) < 4.78 is 0. The smallest absolute Gasteiger partial charge is 0.247 e. The SMILES string of the molecule is O=C1C[C@H](N2CCN([C@H]3CC(=O)N(CCc4ccccc4)C3=O)CC2)C(=O)N1CCc1ccccc1. The molecule has 3 aliphatic heterocycles. The van der Waals surface area contributed by atoms with E-state index in [9.17, 15) is 19.2 Å². The molecule has 0 bridgehead atoms. The molecule has 2 aromatic carbocycles. The van der Waals surface area contributed by atoms with Crippen LogP contribution < -0.4 is 0 Å². The van der Waals surface area contributed by atoms with Crippen molar-refractivity contribution in [2.75, 3.05) is 39.3 Å². The van der Waals surface area contributed by atoms with E-state index >= 15 is 0 Å². The molecule has 4 amide bonds. The number of hydrogen-bond donors (Lipinski definition) is 0. The standard InChI is InChI=1S/C28H32N4O4/c33-25-19-23(27(35)31(25)13-11-21-7-3-1-4-8-21)29-15-17-30(18-16-29)24-20-26(34)32(28(24)36)14-12-22-9-5-2-6-10-22/h1-10,23-24H,11-20H2/t23-,24-/m0/s1. The van der Waals surface area contributed by atoms with E-state index in [-0.39, 0.29) is 36.5 Å². The molecule has 0 saturated carbocycles. The summed E-state index contributed by atoms with van der Waals surface area (Å²) in [7, 11) is 0. The molecule has 2 aromatic rings. The Hall–Kier alpha value is -3.36. The van der Waals surface area contributed by atoms with Crippen molar-refractivity contribution >= 4 is 23.6 Å². The van der Waals surface area contributed by atoms with Crippen molar-refractivity contribution < 1.29 is 19.2 Å². The van der Waals surface area contributed by atoms with Crippen molar-refractivity contribution in [2.45, 2.75) is 37.8 Å². The van der Waals surface area contributed by atoms with Gasteiger partial charge in [0.15, 0.2) is 0 Å². The Kier molecular flexibility index (Phi) is 7.25. The number of rotatable bonds is 8. The Morgan fingerprint density at radius 3 is 1.28 bits per heavy atom. The van der Waals surface area contributed by atoms with Crippen LogP contribution >= 0.6 is 0 Å². The Morgan fingerprint density at radius 2 is 0.917 bits per heavy atom. The number of amides is 4. The van der Waals surface area contributed by atoms with Crippen molar-refractivity contribution in [3.63, 3.8) is 0 Å². The first-order valence-electron chi connectivity index (χ1n) is 12.8. The molecule has 0 unspecified atom stereocenters. The van der Waals surface area contributed by atoms with Crippen LogP contribution in [0.2, 0.25) is 0 Å². The molecule has 8 nitrogen and oxygen atoms in total. The van der Waals surface area contributed by atoms with Crippen LogP contribution in [0.25, 0.3) is 0 Å². The zero-order chi connectivity index (χ0) is 25.1. The molecule has 5 rings (SSSR count). The lowest BCUT2D eigenvalue weighted by Gasteiger charge is -2.38. The Balaban J connectivity index is 1.12. The first-order chi connectivity index (χ1) is 17.5. The molecular weight excluding hydrogens is 456 g/mol. The van der Waals surface area contributed by atoms with Gasteiger partial charge in [-0.1, -0.05) is 60.7 Å². The summed E-state index contributed by atoms with van der Waals surface area (Å²) in [5.41, 5.74) is 2.20. The van der Waals surface area contributed by atoms with Gasteiger partial charge in [0, 0.05) is 39.3 Å². The monoisotopic (exact) mass is 488 g/mol. The molecule has 0 aliphatic carbocycles. The van der Waals surface area contributed by atoms with Crippen molar-refractivity contribution in [3.05, 3.63) is 71.8 Å². The highest BCUT2D eigenvalue weighted by Gasteiger charge is 2.45. The molecule has 3 saturated heterocycles. The zero-order valence-corrected chi connectivity index (χ0v) is 20.4. The van der Waals surface area contributed by atoms with E-state index in [0.29, 0.717) is 52.1 Å². The van der Waals surface area contributed by atoms with Crippen LogP contribution in [-0.4, -0.2) is 94.6 Å². The van der Waals surface area contributed by atoms with Gasteiger partial charge in [-0.2, -0.15) is 0 Å². The number of hydrogen-bond acceptors (Lipinski definition) is 6. The Labute approximate surface area is 211 Å². The fourth-order valence-corrected chi connectivity index (χ4v) is 5.50. The molecular formula is C28H32N4O4. The number of nitrogens with zero attached hydrogens (tertiary/aromatic N) is 4. The lowest BCUT2D eigenvalue weighted by molar-refractivity contribution is -0.142. The van der Waals surface area contributed by atoms with Crippen molar-refractivity contribution in [2.24, 2.45) is 0 Å². The van der Waals surface area contributed by atoms with Crippen molar-refractivity contribution in [1.29, 1.82) is 0 Å². The normalized spacial score (nSPS) is 23.8. The van der Waals surface area contributed by atoms with Gasteiger partial charge in [0.25, 0.3) is 0 Å². The third-order valence-electron chi connectivity index (χ3n) is 7.60. The van der Waals surface area contributed by atoms with Crippen LogP contribution in [0, 0.1) is 0 Å². The summed E-state index contributed by atoms with van der Waals surface area (Å²) in [6.45, 7) is 3.18. The molecule has 0 aromatic heterocycles. The predicted octanol–water partition coefficient (Wildman–Crippen LogP) is 1.34. The fourth-order valence-electron chi connectivity index (χ4n) is 5.50. The number of likely N-dealkylation sites (tertiary alicyclic amines) is 2. The summed E-state index contributed by atoms with van der Waals surface area (Å²) in [5, 5.41) is 0. The van der Waals surface area contributed by atoms with E-state index in [1.807, 2.05) is 60.7 Å². The minimum absolute atomic E-state index is 0.117. The van der Waals surface area contributed by atoms with Crippen LogP contribution in [0.1, 0.15) is 24.0 Å². The van der Waals surface area contributed by atoms with Gasteiger partial charge in [0.05, 0.1) is 24.9 Å². The van der Waals surface area contributed by atoms with Gasteiger partial charge in [0.2, 0.25) is 23.6 Å². The van der Waals surface area contributed by atoms with Crippen molar-refractivity contribution in [3.8, 4) is 0 Å². The van der Waals surface area contributed by atoms with Gasteiger partial charge in [-0.15, -0.1) is 0 Å². The molecule has 8 heteroatoms. The minimum atomic E-state index is -0.432. The van der Waals surface area contributed by atoms with Crippen LogP contribution in [0.3, 0.4) is 0 Å². The number of benzene rings is 2. The summed E-state index contributed by atoms with van der Waals surface area (Å²) in [6.07, 6.45) is 1.72. The van der Waals surface area contributed by atoms with Crippen molar-refractivity contribution in [1.82, 2.24) is 19.6 Å². The summed E-state index contributed by atoms with van der Waals surface area (Å²) in [6, 6.07) is 18.8. The maximum atomic E-state index is 13.0. The first kappa shape index (κ1) is 24.3. The van der Waals surface area contributed by atoms with Crippen LogP contribution in [0.15, 0.2) is 60.7 Å². The van der Waals surface area contributed by atoms with E-state index in [1.54, 1.807) is 0 Å². The van der Waals surface area contributed by atoms with Gasteiger partial charge < -0.3 is 0 Å². The molecule has 3 aliphatic rings. The zero-order valence-electron chi connectivity index (χ0n) is 20.4. The number of piperazine rings is 1. The lowest BCUT2D eigenvalue weighted by Crippen LogP contribution is -2.56. The molecule has 0 radical (unpaired) electrons. The van der Waals surface area contributed by atoms with Crippen LogP contribution in [0.4, 0.5) is 0 Å². The van der Waals surface area contributed by atoms with E-state index in [4.69, 9.17) is 0 Å². The van der Waals surface area contributed by atoms with E-state index in [2.05, 4.69) is 9.80 Å². The molecule has 3 fully saturated rings. The highest BCUT2D eigenvalue weighted by atomic mass is 16.2. The highest BCUT2D eigenvalue weighted by Crippen LogP contribution is 2.24. The minimum Gasteiger partial charge on any atom is -0.289 e. The molecule has 0 N–H and O–H groups in total. The quantitative estimate of drug-likeness (QED) is 0.522. The number of carbonyl (C=O) groups excluding carboxylic acids is 4. The lowest BCUT2D eigenvalue weighted by atomic mass is 10.1. The van der Waals surface area contributed by atoms with Gasteiger partial charge in [-0.25, -0.2) is 0 Å². The third-order valence-corrected chi connectivity index (χ3v) is 7.60. The molecule has 188 valence electrons. The Bertz CT molecular complexity index is 1030. The van der Waals surface area contributed by atoms with E-state index < -0.39 is 12.1 Å². The fraction of sp³-hybridized carbons (Fsp3) is 0.429. The molecule has 3 heterocycles. The Morgan fingerprint density at radius 1 is 0.556 bits per heavy atom. The summed E-state index contributed by atoms with van der Waals surface area (Å²) in [5.74, 6) is -0.477. The topological polar surface area (TPSA) is 81.2 Å². The molecule has 2 atom stereocenters. The molecule has 36 heavy (non-hydrogen) atoms. The summed E-state index contributed by atoms with van der Waals surface area (Å²) >= 11 is 0.